The molecule has 1 aromatic carbocycles. The van der Waals surface area contributed by atoms with Gasteiger partial charge in [-0.3, -0.25) is 9.59 Å². The van der Waals surface area contributed by atoms with Crippen LogP contribution in [-0.2, 0) is 18.4 Å². The second kappa shape index (κ2) is 7.01. The van der Waals surface area contributed by atoms with E-state index in [2.05, 4.69) is 29.2 Å². The number of hydrogen-bond acceptors (Lipinski definition) is 4. The molecule has 0 saturated heterocycles. The van der Waals surface area contributed by atoms with E-state index in [1.807, 2.05) is 10.6 Å². The highest BCUT2D eigenvalue weighted by Crippen LogP contribution is 2.43. The van der Waals surface area contributed by atoms with Crippen molar-refractivity contribution >= 4 is 5.91 Å². The summed E-state index contributed by atoms with van der Waals surface area (Å²) in [7, 11) is 0. The van der Waals surface area contributed by atoms with E-state index in [4.69, 9.17) is 0 Å². The topological polar surface area (TPSA) is 75.4 Å². The average Bonchev–Trinajstić information content (AvgIpc) is 3.43. The van der Waals surface area contributed by atoms with Crippen molar-refractivity contribution in [2.75, 3.05) is 13.1 Å². The lowest BCUT2D eigenvalue weighted by molar-refractivity contribution is 0.0684. The van der Waals surface area contributed by atoms with Crippen molar-refractivity contribution < 1.29 is 9.90 Å². The monoisotopic (exact) mass is 393 g/mol. The normalized spacial score (nSPS) is 20.7. The highest BCUT2D eigenvalue weighted by Gasteiger charge is 2.39. The highest BCUT2D eigenvalue weighted by molar-refractivity contribution is 5.95. The maximum atomic E-state index is 13.1. The lowest BCUT2D eigenvalue weighted by atomic mass is 9.76. The zero-order valence-corrected chi connectivity index (χ0v) is 16.6. The van der Waals surface area contributed by atoms with Gasteiger partial charge in [-0.05, 0) is 37.2 Å². The fourth-order valence-electron chi connectivity index (χ4n) is 5.15. The molecule has 0 radical (unpaired) electrons. The summed E-state index contributed by atoms with van der Waals surface area (Å²) in [4.78, 5) is 31.6. The van der Waals surface area contributed by atoms with Crippen molar-refractivity contribution in [3.8, 4) is 5.75 Å². The van der Waals surface area contributed by atoms with Crippen LogP contribution in [0.15, 0.2) is 35.1 Å². The van der Waals surface area contributed by atoms with Crippen molar-refractivity contribution in [2.24, 2.45) is 5.92 Å². The highest BCUT2D eigenvalue weighted by atomic mass is 16.3. The molecule has 0 unspecified atom stereocenters. The van der Waals surface area contributed by atoms with E-state index in [-0.39, 0.29) is 17.0 Å². The van der Waals surface area contributed by atoms with Crippen LogP contribution in [-0.4, -0.2) is 38.6 Å². The van der Waals surface area contributed by atoms with Crippen molar-refractivity contribution in [1.82, 2.24) is 14.5 Å². The fourth-order valence-corrected chi connectivity index (χ4v) is 5.15. The Morgan fingerprint density at radius 1 is 1.07 bits per heavy atom. The van der Waals surface area contributed by atoms with Gasteiger partial charge in [0.25, 0.3) is 5.91 Å². The van der Waals surface area contributed by atoms with Crippen LogP contribution in [0.4, 0.5) is 0 Å². The quantitative estimate of drug-likeness (QED) is 0.848. The van der Waals surface area contributed by atoms with Gasteiger partial charge in [0.05, 0.1) is 0 Å². The first-order chi connectivity index (χ1) is 14.1. The minimum Gasteiger partial charge on any atom is -0.501 e. The number of amides is 1. The molecule has 3 aliphatic rings. The first kappa shape index (κ1) is 18.4. The van der Waals surface area contributed by atoms with Crippen molar-refractivity contribution in [2.45, 2.75) is 56.9 Å². The summed E-state index contributed by atoms with van der Waals surface area (Å²) >= 11 is 0. The third-order valence-electron chi connectivity index (χ3n) is 6.94. The summed E-state index contributed by atoms with van der Waals surface area (Å²) < 4.78 is 1.81. The largest absolute Gasteiger partial charge is 0.501 e. The van der Waals surface area contributed by atoms with Crippen LogP contribution in [0.5, 0.6) is 5.75 Å². The first-order valence-electron chi connectivity index (χ1n) is 10.7. The third-order valence-corrected chi connectivity index (χ3v) is 6.94. The Labute approximate surface area is 170 Å². The lowest BCUT2D eigenvalue weighted by Gasteiger charge is -2.34. The predicted octanol–water partition coefficient (Wildman–Crippen LogP) is 2.87. The van der Waals surface area contributed by atoms with E-state index in [0.717, 1.165) is 45.1 Å². The Kier molecular flexibility index (Phi) is 4.45. The van der Waals surface area contributed by atoms with Gasteiger partial charge in [0.15, 0.2) is 5.69 Å². The minimum absolute atomic E-state index is 0.0629. The number of rotatable bonds is 5. The molecular weight excluding hydrogens is 366 g/mol. The molecule has 1 aromatic heterocycles. The summed E-state index contributed by atoms with van der Waals surface area (Å²) in [5.74, 6) is 0.467. The SMILES string of the molecule is O=C1c2c(O)c(=O)nc(CC3(c4ccccc4)CCCC3)n2CCN1CC1CC1. The van der Waals surface area contributed by atoms with Crippen LogP contribution in [0.1, 0.15) is 60.4 Å². The summed E-state index contributed by atoms with van der Waals surface area (Å²) in [6.07, 6.45) is 7.33. The molecule has 0 atom stereocenters. The van der Waals surface area contributed by atoms with Crippen LogP contribution in [0, 0.1) is 5.92 Å². The maximum absolute atomic E-state index is 13.1. The van der Waals surface area contributed by atoms with Gasteiger partial charge in [-0.2, -0.15) is 4.98 Å². The zero-order valence-electron chi connectivity index (χ0n) is 16.6. The Morgan fingerprint density at radius 2 is 1.79 bits per heavy atom. The van der Waals surface area contributed by atoms with Crippen molar-refractivity contribution in [1.29, 1.82) is 0 Å². The van der Waals surface area contributed by atoms with Crippen LogP contribution in [0.25, 0.3) is 0 Å². The molecule has 1 N–H and O–H groups in total. The van der Waals surface area contributed by atoms with Crippen LogP contribution < -0.4 is 5.56 Å². The summed E-state index contributed by atoms with van der Waals surface area (Å²) in [6, 6.07) is 10.4. The molecular formula is C23H27N3O3. The first-order valence-corrected chi connectivity index (χ1v) is 10.7. The number of carbonyl (C=O) groups is 1. The summed E-state index contributed by atoms with van der Waals surface area (Å²) in [6.45, 7) is 1.91. The number of fused-ring (bicyclic) bond motifs is 1. The number of carbonyl (C=O) groups excluding carboxylic acids is 1. The fraction of sp³-hybridized carbons (Fsp3) is 0.522. The van der Waals surface area contributed by atoms with E-state index in [0.29, 0.717) is 31.3 Å². The molecule has 0 bridgehead atoms. The third kappa shape index (κ3) is 3.24. The predicted molar refractivity (Wildman–Crippen MR) is 109 cm³/mol. The molecule has 152 valence electrons. The van der Waals surface area contributed by atoms with Gasteiger partial charge < -0.3 is 14.6 Å². The molecule has 2 saturated carbocycles. The van der Waals surface area contributed by atoms with Gasteiger partial charge in [0.1, 0.15) is 5.82 Å². The van der Waals surface area contributed by atoms with Gasteiger partial charge in [0, 0.05) is 31.5 Å². The van der Waals surface area contributed by atoms with Gasteiger partial charge in [0.2, 0.25) is 5.75 Å². The Hall–Kier alpha value is -2.63. The summed E-state index contributed by atoms with van der Waals surface area (Å²) in [5.41, 5.74) is 0.654. The van der Waals surface area contributed by atoms with E-state index >= 15 is 0 Å². The molecule has 1 aliphatic heterocycles. The van der Waals surface area contributed by atoms with E-state index in [1.54, 1.807) is 4.90 Å². The Balaban J connectivity index is 1.54. The van der Waals surface area contributed by atoms with Gasteiger partial charge in [-0.1, -0.05) is 43.2 Å². The van der Waals surface area contributed by atoms with Gasteiger partial charge in [-0.15, -0.1) is 0 Å². The molecule has 2 aromatic rings. The Morgan fingerprint density at radius 3 is 2.48 bits per heavy atom. The number of hydrogen-bond donors (Lipinski definition) is 1. The molecule has 6 heteroatoms. The molecule has 2 fully saturated rings. The zero-order chi connectivity index (χ0) is 20.0. The molecule has 2 aliphatic carbocycles. The molecule has 5 rings (SSSR count). The number of benzene rings is 1. The minimum atomic E-state index is -0.686. The van der Waals surface area contributed by atoms with Crippen LogP contribution in [0.3, 0.4) is 0 Å². The van der Waals surface area contributed by atoms with Gasteiger partial charge >= 0.3 is 5.56 Å². The smallest absolute Gasteiger partial charge is 0.315 e. The number of aromatic hydroxyl groups is 1. The molecule has 0 spiro atoms. The molecule has 1 amide bonds. The van der Waals surface area contributed by atoms with Crippen molar-refractivity contribution in [3.63, 3.8) is 0 Å². The molecule has 6 nitrogen and oxygen atoms in total. The number of nitrogens with zero attached hydrogens (tertiary/aromatic N) is 3. The van der Waals surface area contributed by atoms with Gasteiger partial charge in [-0.25, -0.2) is 0 Å². The van der Waals surface area contributed by atoms with Crippen LogP contribution in [0.2, 0.25) is 0 Å². The Bertz CT molecular complexity index is 988. The number of aromatic nitrogens is 2. The second-order valence-corrected chi connectivity index (χ2v) is 8.91. The molecule has 29 heavy (non-hydrogen) atoms. The maximum Gasteiger partial charge on any atom is 0.315 e. The standard InChI is InChI=1S/C23H27N3O3/c27-20-19-22(29)25(15-16-8-9-16)12-13-26(19)18(24-21(20)28)14-23(10-4-5-11-23)17-6-2-1-3-7-17/h1-3,6-7,16,27H,4-5,8-15H2. The van der Waals surface area contributed by atoms with Crippen LogP contribution >= 0.6 is 0 Å². The van der Waals surface area contributed by atoms with E-state index in [9.17, 15) is 14.7 Å². The van der Waals surface area contributed by atoms with Crippen molar-refractivity contribution in [3.05, 3.63) is 57.8 Å². The van der Waals surface area contributed by atoms with E-state index in [1.165, 1.54) is 5.56 Å². The average molecular weight is 393 g/mol. The van der Waals surface area contributed by atoms with E-state index < -0.39 is 11.3 Å². The summed E-state index contributed by atoms with van der Waals surface area (Å²) in [5, 5.41) is 10.4. The molecule has 2 heterocycles. The lowest BCUT2D eigenvalue weighted by Crippen LogP contribution is -2.44. The second-order valence-electron chi connectivity index (χ2n) is 8.91.